The van der Waals surface area contributed by atoms with E-state index < -0.39 is 35.3 Å². The number of aryl methyl sites for hydroxylation is 1. The quantitative estimate of drug-likeness (QED) is 0.853. The summed E-state index contributed by atoms with van der Waals surface area (Å²) < 4.78 is 53.6. The van der Waals surface area contributed by atoms with E-state index in [2.05, 4.69) is 5.10 Å². The van der Waals surface area contributed by atoms with Gasteiger partial charge in [-0.2, -0.15) is 18.3 Å². The highest BCUT2D eigenvalue weighted by molar-refractivity contribution is 5.72. The number of aromatic nitrogens is 3. The summed E-state index contributed by atoms with van der Waals surface area (Å²) >= 11 is 0. The monoisotopic (exact) mass is 359 g/mol. The highest BCUT2D eigenvalue weighted by atomic mass is 19.4. The second-order valence-corrected chi connectivity index (χ2v) is 5.78. The van der Waals surface area contributed by atoms with E-state index in [1.54, 1.807) is 0 Å². The van der Waals surface area contributed by atoms with Gasteiger partial charge in [-0.3, -0.25) is 4.57 Å². The molecule has 0 fully saturated rings. The lowest BCUT2D eigenvalue weighted by Crippen LogP contribution is -2.34. The Morgan fingerprint density at radius 3 is 2.72 bits per heavy atom. The average molecular weight is 359 g/mol. The molecule has 10 heteroatoms. The smallest absolute Gasteiger partial charge is 0.419 e. The molecular weight excluding hydrogens is 346 g/mol. The SMILES string of the molecule is O=C(O)[C@H]1CCCc2nn(Cc3ccc(F)c(C(F)(F)F)c3)c(=O)n21. The fraction of sp³-hybridized carbons (Fsp3) is 0.400. The second kappa shape index (κ2) is 6.01. The number of rotatable bonds is 3. The van der Waals surface area contributed by atoms with Gasteiger partial charge in [0, 0.05) is 6.42 Å². The maximum atomic E-state index is 13.3. The summed E-state index contributed by atoms with van der Waals surface area (Å²) in [6.07, 6.45) is -3.62. The van der Waals surface area contributed by atoms with E-state index in [-0.39, 0.29) is 24.4 Å². The minimum Gasteiger partial charge on any atom is -0.480 e. The van der Waals surface area contributed by atoms with Crippen molar-refractivity contribution in [3.63, 3.8) is 0 Å². The number of hydrogen-bond acceptors (Lipinski definition) is 3. The zero-order valence-electron chi connectivity index (χ0n) is 12.8. The molecule has 0 radical (unpaired) electrons. The molecule has 0 unspecified atom stereocenters. The maximum absolute atomic E-state index is 13.3. The number of carboxylic acids is 1. The van der Waals surface area contributed by atoms with Crippen molar-refractivity contribution in [3.05, 3.63) is 51.5 Å². The molecule has 3 rings (SSSR count). The van der Waals surface area contributed by atoms with Gasteiger partial charge >= 0.3 is 17.8 Å². The Morgan fingerprint density at radius 1 is 1.36 bits per heavy atom. The number of nitrogens with zero attached hydrogens (tertiary/aromatic N) is 3. The molecule has 0 saturated carbocycles. The molecule has 0 aliphatic carbocycles. The fourth-order valence-corrected chi connectivity index (χ4v) is 2.93. The molecular formula is C15H13F4N3O3. The Hall–Kier alpha value is -2.65. The lowest BCUT2D eigenvalue weighted by molar-refractivity contribution is -0.142. The van der Waals surface area contributed by atoms with Gasteiger partial charge in [0.1, 0.15) is 17.7 Å². The fourth-order valence-electron chi connectivity index (χ4n) is 2.93. The molecule has 0 spiro atoms. The molecule has 0 amide bonds. The van der Waals surface area contributed by atoms with Crippen molar-refractivity contribution in [2.45, 2.75) is 38.0 Å². The predicted molar refractivity (Wildman–Crippen MR) is 76.6 cm³/mol. The van der Waals surface area contributed by atoms with E-state index in [1.165, 1.54) is 0 Å². The normalized spacial score (nSPS) is 17.4. The third-order valence-electron chi connectivity index (χ3n) is 4.08. The number of aliphatic carboxylic acids is 1. The number of fused-ring (bicyclic) bond motifs is 1. The molecule has 1 N–H and O–H groups in total. The third kappa shape index (κ3) is 3.15. The Morgan fingerprint density at radius 2 is 2.08 bits per heavy atom. The van der Waals surface area contributed by atoms with Crippen LogP contribution >= 0.6 is 0 Å². The molecule has 6 nitrogen and oxygen atoms in total. The van der Waals surface area contributed by atoms with Gasteiger partial charge in [0.25, 0.3) is 0 Å². The number of carboxylic acid groups (broad SMARTS) is 1. The van der Waals surface area contributed by atoms with Gasteiger partial charge in [-0.05, 0) is 30.5 Å². The lowest BCUT2D eigenvalue weighted by Gasteiger charge is -2.19. The van der Waals surface area contributed by atoms with Gasteiger partial charge in [0.2, 0.25) is 0 Å². The number of carbonyl (C=O) groups is 1. The molecule has 2 heterocycles. The second-order valence-electron chi connectivity index (χ2n) is 5.78. The number of alkyl halides is 3. The van der Waals surface area contributed by atoms with Gasteiger partial charge in [0.05, 0.1) is 12.1 Å². The van der Waals surface area contributed by atoms with Crippen LogP contribution in [0.3, 0.4) is 0 Å². The molecule has 0 bridgehead atoms. The van der Waals surface area contributed by atoms with Crippen molar-refractivity contribution in [1.82, 2.24) is 14.3 Å². The first-order chi connectivity index (χ1) is 11.7. The van der Waals surface area contributed by atoms with Crippen LogP contribution in [0, 0.1) is 5.82 Å². The predicted octanol–water partition coefficient (Wildman–Crippen LogP) is 2.21. The zero-order chi connectivity index (χ0) is 18.4. The summed E-state index contributed by atoms with van der Waals surface area (Å²) in [4.78, 5) is 23.7. The van der Waals surface area contributed by atoms with Gasteiger partial charge in [-0.1, -0.05) is 6.07 Å². The first-order valence-electron chi connectivity index (χ1n) is 7.45. The van der Waals surface area contributed by atoms with Crippen LogP contribution in [-0.4, -0.2) is 25.4 Å². The van der Waals surface area contributed by atoms with Crippen LogP contribution in [0.2, 0.25) is 0 Å². The topological polar surface area (TPSA) is 77.1 Å². The van der Waals surface area contributed by atoms with Crippen molar-refractivity contribution >= 4 is 5.97 Å². The van der Waals surface area contributed by atoms with E-state index in [0.717, 1.165) is 15.3 Å². The molecule has 2 aromatic rings. The summed E-state index contributed by atoms with van der Waals surface area (Å²) in [7, 11) is 0. The third-order valence-corrected chi connectivity index (χ3v) is 4.08. The van der Waals surface area contributed by atoms with Crippen molar-refractivity contribution in [3.8, 4) is 0 Å². The average Bonchev–Trinajstić information content (AvgIpc) is 2.84. The Labute approximate surface area is 138 Å². The number of benzene rings is 1. The Kier molecular flexibility index (Phi) is 4.13. The van der Waals surface area contributed by atoms with Crippen molar-refractivity contribution in [1.29, 1.82) is 0 Å². The van der Waals surface area contributed by atoms with Gasteiger partial charge < -0.3 is 5.11 Å². The van der Waals surface area contributed by atoms with Crippen LogP contribution in [0.25, 0.3) is 0 Å². The summed E-state index contributed by atoms with van der Waals surface area (Å²) in [5.41, 5.74) is -2.09. The van der Waals surface area contributed by atoms with E-state index in [1.807, 2.05) is 0 Å². The first-order valence-corrected chi connectivity index (χ1v) is 7.45. The molecule has 0 saturated heterocycles. The summed E-state index contributed by atoms with van der Waals surface area (Å²) in [6.45, 7) is -0.311. The van der Waals surface area contributed by atoms with E-state index in [9.17, 15) is 32.3 Å². The zero-order valence-corrected chi connectivity index (χ0v) is 12.8. The molecule has 1 aromatic carbocycles. The van der Waals surface area contributed by atoms with Gasteiger partial charge in [-0.15, -0.1) is 0 Å². The van der Waals surface area contributed by atoms with Crippen LogP contribution in [0.1, 0.15) is 35.8 Å². The summed E-state index contributed by atoms with van der Waals surface area (Å²) in [5.74, 6) is -2.29. The summed E-state index contributed by atoms with van der Waals surface area (Å²) in [6, 6.07) is 1.39. The van der Waals surface area contributed by atoms with Crippen LogP contribution < -0.4 is 5.69 Å². The number of halogens is 4. The van der Waals surface area contributed by atoms with E-state index in [4.69, 9.17) is 0 Å². The molecule has 25 heavy (non-hydrogen) atoms. The maximum Gasteiger partial charge on any atom is 0.419 e. The molecule has 1 aliphatic heterocycles. The standard InChI is InChI=1S/C15H13F4N3O3/c16-10-5-4-8(6-9(10)15(17,18)19)7-21-14(25)22-11(13(23)24)2-1-3-12(22)20-21/h4-6,11H,1-3,7H2,(H,23,24)/t11-/m1/s1. The van der Waals surface area contributed by atoms with Crippen LogP contribution in [0.15, 0.2) is 23.0 Å². The van der Waals surface area contributed by atoms with Gasteiger partial charge in [-0.25, -0.2) is 18.7 Å². The molecule has 1 atom stereocenters. The van der Waals surface area contributed by atoms with Crippen LogP contribution in [-0.2, 0) is 23.9 Å². The van der Waals surface area contributed by atoms with E-state index >= 15 is 0 Å². The lowest BCUT2D eigenvalue weighted by atomic mass is 10.1. The van der Waals surface area contributed by atoms with Gasteiger partial charge in [0.15, 0.2) is 0 Å². The minimum absolute atomic E-state index is 0.0400. The summed E-state index contributed by atoms with van der Waals surface area (Å²) in [5, 5.41) is 13.2. The van der Waals surface area contributed by atoms with Crippen molar-refractivity contribution in [2.75, 3.05) is 0 Å². The minimum atomic E-state index is -4.85. The highest BCUT2D eigenvalue weighted by Crippen LogP contribution is 2.32. The largest absolute Gasteiger partial charge is 0.480 e. The molecule has 134 valence electrons. The van der Waals surface area contributed by atoms with Crippen LogP contribution in [0.4, 0.5) is 17.6 Å². The Balaban J connectivity index is 1.98. The number of hydrogen-bond donors (Lipinski definition) is 1. The van der Waals surface area contributed by atoms with E-state index in [0.29, 0.717) is 25.0 Å². The Bertz CT molecular complexity index is 885. The van der Waals surface area contributed by atoms with Crippen LogP contribution in [0.5, 0.6) is 0 Å². The molecule has 1 aromatic heterocycles. The molecule has 1 aliphatic rings. The first kappa shape index (κ1) is 17.2. The van der Waals surface area contributed by atoms with Crippen molar-refractivity contribution in [2.24, 2.45) is 0 Å². The highest BCUT2D eigenvalue weighted by Gasteiger charge is 2.34. The van der Waals surface area contributed by atoms with Crippen molar-refractivity contribution < 1.29 is 27.5 Å².